The Hall–Kier alpha value is -3.38. The van der Waals surface area contributed by atoms with E-state index in [0.29, 0.717) is 19.3 Å². The molecule has 12 nitrogen and oxygen atoms in total. The van der Waals surface area contributed by atoms with E-state index in [1.807, 2.05) is 48.6 Å². The van der Waals surface area contributed by atoms with Gasteiger partial charge in [-0.2, -0.15) is 0 Å². The number of phosphoric acid groups is 1. The van der Waals surface area contributed by atoms with Crippen molar-refractivity contribution in [1.82, 2.24) is 0 Å². The third kappa shape index (κ3) is 37.9. The van der Waals surface area contributed by atoms with E-state index in [9.17, 15) is 28.9 Å². The minimum atomic E-state index is -4.75. The van der Waals surface area contributed by atoms with Gasteiger partial charge in [-0.25, -0.2) is 4.57 Å². The van der Waals surface area contributed by atoms with Gasteiger partial charge >= 0.3 is 25.7 Å². The maximum Gasteiger partial charge on any atom is 0.472 e. The average molecular weight is 822 g/mol. The summed E-state index contributed by atoms with van der Waals surface area (Å²) in [5.74, 6) is -2.55. The Kier molecular flexibility index (Phi) is 35.9. The standard InChI is InChI=1S/C44H72NO11P/c1-3-5-7-8-9-10-11-12-13-14-17-20-23-26-30-34-42(47)53-36-40(37-54-57(51,52)55-38-41(45)44(49)50)56-43(48)35-31-27-24-21-18-15-16-19-22-25-29-33-39(46)32-28-6-4-2/h9-10,12-13,15-17,20-22,24-25,29,33,39-41,46H,3-8,11,14,18-19,23,26-28,30-32,34-38,45H2,1-2H3,(H,49,50)(H,51,52)/b10-9-,13-12-,16-15-,20-17-,24-21-,25-22-,33-29+/t39-,40+,41-/m0/s1. The molecular weight excluding hydrogens is 749 g/mol. The fourth-order valence-electron chi connectivity index (χ4n) is 4.88. The highest BCUT2D eigenvalue weighted by Crippen LogP contribution is 2.43. The number of phosphoric ester groups is 1. The number of hydrogen-bond donors (Lipinski definition) is 4. The number of carboxylic acids is 1. The SMILES string of the molecule is CCCCC/C=C\C/C=C\C/C=C\CCCCC(=O)OC[C@H](COP(=O)(O)OC[C@H](N)C(=O)O)OC(=O)CCC/C=C\C/C=C\C/C=C\C=C\[C@@H](O)CCCCC. The number of carbonyl (C=O) groups excluding carboxylic acids is 2. The summed E-state index contributed by atoms with van der Waals surface area (Å²) in [6.07, 6.45) is 42.7. The summed E-state index contributed by atoms with van der Waals surface area (Å²) in [5.41, 5.74) is 5.31. The maximum atomic E-state index is 12.6. The number of allylic oxidation sites excluding steroid dienone is 13. The average Bonchev–Trinajstić information content (AvgIpc) is 3.18. The lowest BCUT2D eigenvalue weighted by Crippen LogP contribution is -2.34. The van der Waals surface area contributed by atoms with Gasteiger partial charge < -0.3 is 30.3 Å². The minimum Gasteiger partial charge on any atom is -0.480 e. The summed E-state index contributed by atoms with van der Waals surface area (Å²) in [4.78, 5) is 45.8. The Morgan fingerprint density at radius 2 is 1.14 bits per heavy atom. The highest BCUT2D eigenvalue weighted by Gasteiger charge is 2.28. The summed E-state index contributed by atoms with van der Waals surface area (Å²) >= 11 is 0. The molecule has 0 fully saturated rings. The molecule has 1 unspecified atom stereocenters. The smallest absolute Gasteiger partial charge is 0.472 e. The third-order valence-electron chi connectivity index (χ3n) is 8.22. The molecule has 0 aliphatic rings. The van der Waals surface area contributed by atoms with Crippen molar-refractivity contribution in [3.8, 4) is 0 Å². The van der Waals surface area contributed by atoms with Crippen LogP contribution in [0.25, 0.3) is 0 Å². The molecule has 5 N–H and O–H groups in total. The quantitative estimate of drug-likeness (QED) is 0.0153. The molecule has 4 atom stereocenters. The van der Waals surface area contributed by atoms with Gasteiger partial charge in [-0.05, 0) is 77.0 Å². The minimum absolute atomic E-state index is 0.0521. The number of carboxylic acid groups (broad SMARTS) is 1. The van der Waals surface area contributed by atoms with E-state index in [2.05, 4.69) is 54.8 Å². The van der Waals surface area contributed by atoms with Crippen molar-refractivity contribution in [2.75, 3.05) is 19.8 Å². The molecule has 0 spiro atoms. The van der Waals surface area contributed by atoms with Gasteiger partial charge in [0.05, 0.1) is 19.3 Å². The van der Waals surface area contributed by atoms with E-state index in [1.54, 1.807) is 0 Å². The predicted octanol–water partition coefficient (Wildman–Crippen LogP) is 9.69. The van der Waals surface area contributed by atoms with Gasteiger partial charge in [-0.1, -0.05) is 131 Å². The number of carbonyl (C=O) groups is 3. The second kappa shape index (κ2) is 38.2. The second-order valence-corrected chi connectivity index (χ2v) is 15.1. The van der Waals surface area contributed by atoms with Crippen LogP contribution < -0.4 is 5.73 Å². The molecule has 324 valence electrons. The molecule has 0 aromatic carbocycles. The summed E-state index contributed by atoms with van der Waals surface area (Å²) in [6, 6.07) is -1.55. The van der Waals surface area contributed by atoms with Crippen LogP contribution in [-0.4, -0.2) is 71.1 Å². The van der Waals surface area contributed by atoms with E-state index >= 15 is 0 Å². The molecule has 0 aliphatic carbocycles. The van der Waals surface area contributed by atoms with E-state index in [0.717, 1.165) is 70.6 Å². The highest BCUT2D eigenvalue weighted by molar-refractivity contribution is 7.47. The van der Waals surface area contributed by atoms with Crippen LogP contribution >= 0.6 is 7.82 Å². The van der Waals surface area contributed by atoms with Crippen LogP contribution in [0, 0.1) is 0 Å². The van der Waals surface area contributed by atoms with Gasteiger partial charge in [0.1, 0.15) is 12.6 Å². The Balaban J connectivity index is 4.63. The van der Waals surface area contributed by atoms with Crippen molar-refractivity contribution in [2.45, 2.75) is 154 Å². The molecule has 0 saturated heterocycles. The Morgan fingerprint density at radius 1 is 0.632 bits per heavy atom. The zero-order valence-corrected chi connectivity index (χ0v) is 35.4. The van der Waals surface area contributed by atoms with Crippen molar-refractivity contribution in [3.05, 3.63) is 85.1 Å². The number of aliphatic hydroxyl groups is 1. The number of aliphatic hydroxyl groups excluding tert-OH is 1. The van der Waals surface area contributed by atoms with Crippen molar-refractivity contribution in [3.63, 3.8) is 0 Å². The fourth-order valence-corrected chi connectivity index (χ4v) is 5.66. The number of ether oxygens (including phenoxy) is 2. The monoisotopic (exact) mass is 821 g/mol. The number of nitrogens with two attached hydrogens (primary N) is 1. The zero-order valence-electron chi connectivity index (χ0n) is 34.5. The topological polar surface area (TPSA) is 192 Å². The molecule has 0 aliphatic heterocycles. The van der Waals surface area contributed by atoms with Gasteiger partial charge in [0, 0.05) is 12.8 Å². The van der Waals surface area contributed by atoms with Crippen LogP contribution in [0.5, 0.6) is 0 Å². The van der Waals surface area contributed by atoms with Crippen molar-refractivity contribution < 1.29 is 52.6 Å². The van der Waals surface area contributed by atoms with Gasteiger partial charge in [-0.15, -0.1) is 0 Å². The van der Waals surface area contributed by atoms with Gasteiger partial charge in [0.25, 0.3) is 0 Å². The van der Waals surface area contributed by atoms with Crippen LogP contribution in [0.1, 0.15) is 136 Å². The fraction of sp³-hybridized carbons (Fsp3) is 0.614. The summed E-state index contributed by atoms with van der Waals surface area (Å²) in [7, 11) is -4.75. The normalized spacial score (nSPS) is 15.2. The Labute approximate surface area is 342 Å². The largest absolute Gasteiger partial charge is 0.480 e. The first kappa shape index (κ1) is 53.6. The van der Waals surface area contributed by atoms with Gasteiger partial charge in [0.2, 0.25) is 0 Å². The molecule has 13 heteroatoms. The highest BCUT2D eigenvalue weighted by atomic mass is 31.2. The van der Waals surface area contributed by atoms with E-state index in [4.69, 9.17) is 24.8 Å². The molecule has 0 amide bonds. The molecular formula is C44H72NO11P. The molecule has 0 bridgehead atoms. The first-order valence-corrected chi connectivity index (χ1v) is 22.2. The first-order valence-electron chi connectivity index (χ1n) is 20.7. The molecule has 0 saturated carbocycles. The molecule has 0 heterocycles. The molecule has 0 aromatic heterocycles. The third-order valence-corrected chi connectivity index (χ3v) is 9.17. The van der Waals surface area contributed by atoms with Crippen molar-refractivity contribution in [2.24, 2.45) is 5.73 Å². The Bertz CT molecular complexity index is 1300. The maximum absolute atomic E-state index is 12.6. The number of esters is 2. The van der Waals surface area contributed by atoms with E-state index in [1.165, 1.54) is 19.3 Å². The van der Waals surface area contributed by atoms with Crippen molar-refractivity contribution in [1.29, 1.82) is 0 Å². The predicted molar refractivity (Wildman–Crippen MR) is 227 cm³/mol. The van der Waals surface area contributed by atoms with Gasteiger partial charge in [-0.3, -0.25) is 23.4 Å². The lowest BCUT2D eigenvalue weighted by atomic mass is 10.1. The first-order chi connectivity index (χ1) is 27.5. The van der Waals surface area contributed by atoms with Crippen LogP contribution in [0.4, 0.5) is 0 Å². The summed E-state index contributed by atoms with van der Waals surface area (Å²) in [6.45, 7) is 2.52. The molecule has 0 radical (unpaired) electrons. The van der Waals surface area contributed by atoms with Crippen LogP contribution in [0.15, 0.2) is 85.1 Å². The Morgan fingerprint density at radius 3 is 1.74 bits per heavy atom. The number of rotatable bonds is 37. The van der Waals surface area contributed by atoms with Crippen LogP contribution in [-0.2, 0) is 37.5 Å². The zero-order chi connectivity index (χ0) is 42.2. The van der Waals surface area contributed by atoms with E-state index in [-0.39, 0.29) is 12.8 Å². The molecule has 0 rings (SSSR count). The van der Waals surface area contributed by atoms with Gasteiger partial charge in [0.15, 0.2) is 6.10 Å². The second-order valence-electron chi connectivity index (χ2n) is 13.6. The number of hydrogen-bond acceptors (Lipinski definition) is 10. The van der Waals surface area contributed by atoms with Crippen LogP contribution in [0.2, 0.25) is 0 Å². The lowest BCUT2D eigenvalue weighted by molar-refractivity contribution is -0.161. The summed E-state index contributed by atoms with van der Waals surface area (Å²) in [5, 5.41) is 18.8. The number of aliphatic carboxylic acids is 1. The molecule has 57 heavy (non-hydrogen) atoms. The van der Waals surface area contributed by atoms with Crippen LogP contribution in [0.3, 0.4) is 0 Å². The van der Waals surface area contributed by atoms with Crippen molar-refractivity contribution >= 4 is 25.7 Å². The number of unbranched alkanes of at least 4 members (excludes halogenated alkanes) is 8. The summed E-state index contributed by atoms with van der Waals surface area (Å²) < 4.78 is 32.5. The lowest BCUT2D eigenvalue weighted by Gasteiger charge is -2.20. The molecule has 0 aromatic rings. The van der Waals surface area contributed by atoms with E-state index < -0.39 is 63.8 Å².